The Balaban J connectivity index is 0.000000229. The number of ether oxygens (including phenoxy) is 1. The van der Waals surface area contributed by atoms with E-state index in [1.54, 1.807) is 38.1 Å². The van der Waals surface area contributed by atoms with Gasteiger partial charge in [0.05, 0.1) is 11.4 Å². The van der Waals surface area contributed by atoms with Crippen molar-refractivity contribution in [2.24, 2.45) is 0 Å². The molecule has 0 spiro atoms. The number of aryl methyl sites for hydroxylation is 2. The molecule has 1 aliphatic rings. The smallest absolute Gasteiger partial charge is 0.333 e. The Morgan fingerprint density at radius 3 is 1.53 bits per heavy atom. The number of aromatic nitrogens is 4. The quantitative estimate of drug-likeness (QED) is 0.0861. The van der Waals surface area contributed by atoms with Crippen LogP contribution in [0.1, 0.15) is 53.2 Å². The first-order valence-corrected chi connectivity index (χ1v) is 17.4. The minimum Gasteiger partial charge on any atom is -0.381 e. The van der Waals surface area contributed by atoms with Crippen molar-refractivity contribution in [1.82, 2.24) is 19.6 Å². The van der Waals surface area contributed by atoms with Crippen LogP contribution in [0.5, 0.6) is 0 Å². The fourth-order valence-corrected chi connectivity index (χ4v) is 5.59. The lowest BCUT2D eigenvalue weighted by atomic mass is 10.1. The van der Waals surface area contributed by atoms with Gasteiger partial charge in [-0.3, -0.25) is 4.79 Å². The van der Waals surface area contributed by atoms with Crippen LogP contribution >= 0.6 is 0 Å². The van der Waals surface area contributed by atoms with Crippen LogP contribution in [-0.4, -0.2) is 47.1 Å². The number of carbonyl (C=O) groups is 1. The van der Waals surface area contributed by atoms with Crippen LogP contribution in [0.25, 0.3) is 22.3 Å². The predicted molar refractivity (Wildman–Crippen MR) is 201 cm³/mol. The van der Waals surface area contributed by atoms with E-state index < -0.39 is 65.0 Å². The highest BCUT2D eigenvalue weighted by molar-refractivity contribution is 6.04. The lowest BCUT2D eigenvalue weighted by Crippen LogP contribution is -2.16. The molecule has 8 nitrogen and oxygen atoms in total. The van der Waals surface area contributed by atoms with Gasteiger partial charge in [0.25, 0.3) is 5.91 Å². The molecule has 2 N–H and O–H groups in total. The third kappa shape index (κ3) is 11.5. The van der Waals surface area contributed by atoms with Gasteiger partial charge >= 0.3 is 13.1 Å². The molecule has 1 aliphatic heterocycles. The Morgan fingerprint density at radius 1 is 0.644 bits per heavy atom. The van der Waals surface area contributed by atoms with E-state index in [1.165, 1.54) is 49.5 Å². The van der Waals surface area contributed by atoms with Crippen LogP contribution in [0.2, 0.25) is 0 Å². The Kier molecular flexibility index (Phi) is 15.9. The maximum absolute atomic E-state index is 13.7. The normalized spacial score (nSPS) is 12.0. The molecular formula is C40H34BF10N6O2. The number of halogens is 10. The van der Waals surface area contributed by atoms with Crippen molar-refractivity contribution in [2.45, 2.75) is 46.3 Å². The predicted octanol–water partition coefficient (Wildman–Crippen LogP) is 10.6. The van der Waals surface area contributed by atoms with Gasteiger partial charge in [-0.15, -0.1) is 0 Å². The van der Waals surface area contributed by atoms with E-state index in [1.807, 2.05) is 0 Å². The first kappa shape index (κ1) is 45.6. The van der Waals surface area contributed by atoms with Gasteiger partial charge in [0.15, 0.2) is 23.3 Å². The number of hydrogen-bond donors (Lipinski definition) is 2. The zero-order valence-corrected chi connectivity index (χ0v) is 31.2. The summed E-state index contributed by atoms with van der Waals surface area (Å²) in [5.74, 6) is -8.48. The summed E-state index contributed by atoms with van der Waals surface area (Å²) in [6.07, 6.45) is 4.99. The highest BCUT2D eigenvalue weighted by atomic mass is 19.3. The summed E-state index contributed by atoms with van der Waals surface area (Å²) < 4.78 is 138. The van der Waals surface area contributed by atoms with E-state index in [0.29, 0.717) is 60.8 Å². The second kappa shape index (κ2) is 20.5. The van der Waals surface area contributed by atoms with Crippen molar-refractivity contribution >= 4 is 25.7 Å². The van der Waals surface area contributed by atoms with E-state index in [4.69, 9.17) is 4.74 Å². The van der Waals surface area contributed by atoms with Crippen LogP contribution in [0.15, 0.2) is 85.2 Å². The van der Waals surface area contributed by atoms with Gasteiger partial charge < -0.3 is 15.4 Å². The van der Waals surface area contributed by atoms with Crippen LogP contribution in [0.3, 0.4) is 0 Å². The van der Waals surface area contributed by atoms with E-state index >= 15 is 0 Å². The summed E-state index contributed by atoms with van der Waals surface area (Å²) in [6, 6.07) is 15.3. The molecule has 0 atom stereocenters. The van der Waals surface area contributed by atoms with Crippen LogP contribution in [0, 0.1) is 48.8 Å². The van der Waals surface area contributed by atoms with Crippen molar-refractivity contribution < 1.29 is 53.4 Å². The van der Waals surface area contributed by atoms with E-state index in [0.717, 1.165) is 25.3 Å². The topological polar surface area (TPSA) is 86.0 Å². The molecule has 309 valence electrons. The Bertz CT molecular complexity index is 2330. The molecule has 59 heavy (non-hydrogen) atoms. The Hall–Kier alpha value is -6.11. The Morgan fingerprint density at radius 2 is 1.08 bits per heavy atom. The van der Waals surface area contributed by atoms with Crippen LogP contribution in [-0.2, 0) is 11.3 Å². The number of alkyl halides is 4. The average molecular weight is 832 g/mol. The minimum absolute atomic E-state index is 0. The molecule has 3 heterocycles. The molecule has 0 aliphatic carbocycles. The number of nitrogens with one attached hydrogen (secondary N) is 2. The summed E-state index contributed by atoms with van der Waals surface area (Å²) in [5, 5.41) is 12.5. The standard InChI is InChI=1S/C18H12F5N3O.C18H14F5N3.C4H8O.B/c1-9-12(8-26(25-9)18(22)23)10-2-4-11(5-3-10)24-17(27)15-13(19)6-7-14(20)16(15)21;1-10-14(9-26(25-10)18(22)23)11-2-4-12(5-3-11)24-8-13-15(19)6-7-16(20)17(13)21;1-2-4-5-3-1;/h2-8,18H,1H3,(H,24,27);2-7,9,18,24H,8H2,1H3;1-4H2;. The first-order chi connectivity index (χ1) is 27.6. The lowest BCUT2D eigenvalue weighted by Gasteiger charge is -2.09. The van der Waals surface area contributed by atoms with Crippen molar-refractivity contribution in [3.05, 3.63) is 143 Å². The van der Waals surface area contributed by atoms with Crippen molar-refractivity contribution in [1.29, 1.82) is 0 Å². The van der Waals surface area contributed by atoms with Gasteiger partial charge in [-0.1, -0.05) is 24.3 Å². The first-order valence-electron chi connectivity index (χ1n) is 17.4. The number of nitrogens with zero attached hydrogens (tertiary/aromatic N) is 4. The summed E-state index contributed by atoms with van der Waals surface area (Å²) in [5.41, 5.74) is 2.38. The molecule has 19 heteroatoms. The zero-order chi connectivity index (χ0) is 42.1. The molecule has 3 radical (unpaired) electrons. The molecule has 1 amide bonds. The minimum atomic E-state index is -2.77. The van der Waals surface area contributed by atoms with E-state index in [-0.39, 0.29) is 20.6 Å². The summed E-state index contributed by atoms with van der Waals surface area (Å²) >= 11 is 0. The molecule has 6 aromatic rings. The SMILES string of the molecule is C1CCOC1.Cc1nn(C(F)F)cc1-c1ccc(NC(=O)c2c(F)ccc(F)c2F)cc1.Cc1nn(C(F)F)cc1-c1ccc(NCc2c(F)ccc(F)c2F)cc1.[B]. The second-order valence-electron chi connectivity index (χ2n) is 12.6. The van der Waals surface area contributed by atoms with Gasteiger partial charge in [-0.05, 0) is 86.3 Å². The van der Waals surface area contributed by atoms with Gasteiger partial charge in [-0.25, -0.2) is 35.7 Å². The molecule has 2 aromatic heterocycles. The van der Waals surface area contributed by atoms with E-state index in [2.05, 4.69) is 20.8 Å². The molecule has 0 saturated carbocycles. The van der Waals surface area contributed by atoms with E-state index in [9.17, 15) is 48.7 Å². The number of benzene rings is 4. The monoisotopic (exact) mass is 831 g/mol. The molecular weight excluding hydrogens is 797 g/mol. The summed E-state index contributed by atoms with van der Waals surface area (Å²) in [6.45, 7) is -0.543. The molecule has 1 saturated heterocycles. The highest BCUT2D eigenvalue weighted by Crippen LogP contribution is 2.28. The Labute approximate surface area is 333 Å². The lowest BCUT2D eigenvalue weighted by molar-refractivity contribution is 0.0559. The van der Waals surface area contributed by atoms with Crippen molar-refractivity contribution in [3.63, 3.8) is 0 Å². The van der Waals surface area contributed by atoms with Gasteiger partial charge in [0.2, 0.25) is 0 Å². The van der Waals surface area contributed by atoms with Crippen molar-refractivity contribution in [2.75, 3.05) is 23.8 Å². The fraction of sp³-hybridized carbons (Fsp3) is 0.225. The second-order valence-corrected chi connectivity index (χ2v) is 12.6. The van der Waals surface area contributed by atoms with Crippen LogP contribution in [0.4, 0.5) is 55.3 Å². The largest absolute Gasteiger partial charge is 0.381 e. The van der Waals surface area contributed by atoms with Gasteiger partial charge in [-0.2, -0.15) is 27.8 Å². The fourth-order valence-electron chi connectivity index (χ4n) is 5.59. The number of amides is 1. The summed E-state index contributed by atoms with van der Waals surface area (Å²) in [7, 11) is 0. The number of hydrogen-bond acceptors (Lipinski definition) is 5. The average Bonchev–Trinajstić information content (AvgIpc) is 3.99. The molecule has 4 aromatic carbocycles. The number of anilines is 2. The zero-order valence-electron chi connectivity index (χ0n) is 31.2. The molecule has 0 bridgehead atoms. The number of carbonyl (C=O) groups excluding carboxylic acids is 1. The summed E-state index contributed by atoms with van der Waals surface area (Å²) in [4.78, 5) is 12.0. The van der Waals surface area contributed by atoms with Gasteiger partial charge in [0, 0.05) is 68.6 Å². The third-order valence-corrected chi connectivity index (χ3v) is 8.59. The molecule has 7 rings (SSSR count). The van der Waals surface area contributed by atoms with Crippen LogP contribution < -0.4 is 10.6 Å². The van der Waals surface area contributed by atoms with Gasteiger partial charge in [0.1, 0.15) is 17.2 Å². The maximum atomic E-state index is 13.7. The highest BCUT2D eigenvalue weighted by Gasteiger charge is 2.21. The maximum Gasteiger partial charge on any atom is 0.333 e. The third-order valence-electron chi connectivity index (χ3n) is 8.59. The molecule has 1 fully saturated rings. The van der Waals surface area contributed by atoms with Crippen molar-refractivity contribution in [3.8, 4) is 22.3 Å². The number of rotatable bonds is 9. The molecule has 0 unspecified atom stereocenters.